The zero-order chi connectivity index (χ0) is 11.6. The minimum Gasteiger partial charge on any atom is -0.478 e. The summed E-state index contributed by atoms with van der Waals surface area (Å²) in [5.41, 5.74) is 11.2. The summed E-state index contributed by atoms with van der Waals surface area (Å²) in [7, 11) is 0. The first-order valence-electron chi connectivity index (χ1n) is 4.36. The molecule has 5 heteroatoms. The summed E-state index contributed by atoms with van der Waals surface area (Å²) in [5, 5.41) is 8.85. The van der Waals surface area contributed by atoms with Crippen LogP contribution in [0.15, 0.2) is 18.2 Å². The number of nitrogen functional groups attached to an aromatic ring is 1. The summed E-state index contributed by atoms with van der Waals surface area (Å²) in [6.45, 7) is 1.50. The van der Waals surface area contributed by atoms with Crippen LogP contribution >= 0.6 is 0 Å². The average Bonchev–Trinajstić information content (AvgIpc) is 2.15. The van der Waals surface area contributed by atoms with Crippen LogP contribution < -0.4 is 11.5 Å². The van der Waals surface area contributed by atoms with Gasteiger partial charge in [0.15, 0.2) is 5.78 Å². The average molecular weight is 208 g/mol. The van der Waals surface area contributed by atoms with Gasteiger partial charge in [0.1, 0.15) is 0 Å². The molecule has 0 aliphatic heterocycles. The quantitative estimate of drug-likeness (QED) is 0.495. The van der Waals surface area contributed by atoms with Crippen LogP contribution in [0.3, 0.4) is 0 Å². The standard InChI is InChI=1S/C10H12N2O3/c1-5(11)9(13)8-4-6(12)2-3-7(8)10(14)15/h2-5H,11-12H2,1H3,(H,14,15)/t5-/m0/s1. The molecule has 5 N–H and O–H groups in total. The van der Waals surface area contributed by atoms with E-state index in [1.54, 1.807) is 0 Å². The normalized spacial score (nSPS) is 12.1. The number of aromatic carboxylic acids is 1. The molecule has 1 aromatic rings. The van der Waals surface area contributed by atoms with Crippen molar-refractivity contribution in [3.63, 3.8) is 0 Å². The third-order valence-electron chi connectivity index (χ3n) is 1.95. The highest BCUT2D eigenvalue weighted by atomic mass is 16.4. The van der Waals surface area contributed by atoms with E-state index < -0.39 is 17.8 Å². The highest BCUT2D eigenvalue weighted by molar-refractivity contribution is 6.08. The van der Waals surface area contributed by atoms with Gasteiger partial charge in [0.2, 0.25) is 0 Å². The lowest BCUT2D eigenvalue weighted by Gasteiger charge is -2.08. The number of benzene rings is 1. The Hall–Kier alpha value is -1.88. The van der Waals surface area contributed by atoms with Gasteiger partial charge in [-0.3, -0.25) is 4.79 Å². The number of rotatable bonds is 3. The van der Waals surface area contributed by atoms with E-state index in [9.17, 15) is 9.59 Å². The Labute approximate surface area is 86.7 Å². The lowest BCUT2D eigenvalue weighted by atomic mass is 9.99. The molecule has 1 aromatic carbocycles. The van der Waals surface area contributed by atoms with Crippen molar-refractivity contribution < 1.29 is 14.7 Å². The molecule has 0 aliphatic rings. The predicted molar refractivity (Wildman–Crippen MR) is 55.8 cm³/mol. The molecule has 15 heavy (non-hydrogen) atoms. The van der Waals surface area contributed by atoms with E-state index in [1.165, 1.54) is 25.1 Å². The van der Waals surface area contributed by atoms with Gasteiger partial charge in [0.05, 0.1) is 11.6 Å². The third-order valence-corrected chi connectivity index (χ3v) is 1.95. The van der Waals surface area contributed by atoms with Gasteiger partial charge < -0.3 is 16.6 Å². The number of carboxylic acid groups (broad SMARTS) is 1. The molecule has 1 atom stereocenters. The molecule has 0 aliphatic carbocycles. The number of ketones is 1. The number of hydrogen-bond acceptors (Lipinski definition) is 4. The first-order valence-corrected chi connectivity index (χ1v) is 4.36. The molecular formula is C10H12N2O3. The first-order chi connectivity index (χ1) is 6.93. The fourth-order valence-electron chi connectivity index (χ4n) is 1.20. The molecule has 80 valence electrons. The Kier molecular flexibility index (Phi) is 3.06. The van der Waals surface area contributed by atoms with E-state index >= 15 is 0 Å². The van der Waals surface area contributed by atoms with E-state index in [0.29, 0.717) is 5.69 Å². The van der Waals surface area contributed by atoms with Crippen LogP contribution in [0.5, 0.6) is 0 Å². The molecule has 0 bridgehead atoms. The smallest absolute Gasteiger partial charge is 0.336 e. The van der Waals surface area contributed by atoms with Crippen molar-refractivity contribution in [3.05, 3.63) is 29.3 Å². The van der Waals surface area contributed by atoms with Crippen LogP contribution in [-0.2, 0) is 0 Å². The van der Waals surface area contributed by atoms with Crippen LogP contribution in [0.4, 0.5) is 5.69 Å². The van der Waals surface area contributed by atoms with Crippen molar-refractivity contribution in [1.82, 2.24) is 0 Å². The van der Waals surface area contributed by atoms with Crippen molar-refractivity contribution >= 4 is 17.4 Å². The molecular weight excluding hydrogens is 196 g/mol. The summed E-state index contributed by atoms with van der Waals surface area (Å²) < 4.78 is 0. The van der Waals surface area contributed by atoms with Gasteiger partial charge >= 0.3 is 5.97 Å². The zero-order valence-corrected chi connectivity index (χ0v) is 8.23. The van der Waals surface area contributed by atoms with Crippen molar-refractivity contribution in [1.29, 1.82) is 0 Å². The van der Waals surface area contributed by atoms with Crippen LogP contribution in [-0.4, -0.2) is 22.9 Å². The second kappa shape index (κ2) is 4.10. The van der Waals surface area contributed by atoms with Crippen LogP contribution in [0.1, 0.15) is 27.6 Å². The molecule has 0 spiro atoms. The van der Waals surface area contributed by atoms with Crippen molar-refractivity contribution in [3.8, 4) is 0 Å². The molecule has 5 nitrogen and oxygen atoms in total. The summed E-state index contributed by atoms with van der Waals surface area (Å²) in [6, 6.07) is 3.31. The van der Waals surface area contributed by atoms with E-state index in [1.807, 2.05) is 0 Å². The third kappa shape index (κ3) is 2.32. The van der Waals surface area contributed by atoms with Gasteiger partial charge in [0, 0.05) is 11.3 Å². The topological polar surface area (TPSA) is 106 Å². The van der Waals surface area contributed by atoms with Crippen LogP contribution in [0.2, 0.25) is 0 Å². The van der Waals surface area contributed by atoms with Gasteiger partial charge in [-0.2, -0.15) is 0 Å². The van der Waals surface area contributed by atoms with Gasteiger partial charge in [-0.15, -0.1) is 0 Å². The fourth-order valence-corrected chi connectivity index (χ4v) is 1.20. The van der Waals surface area contributed by atoms with E-state index in [-0.39, 0.29) is 11.1 Å². The number of nitrogens with two attached hydrogens (primary N) is 2. The Bertz CT molecular complexity index is 413. The van der Waals surface area contributed by atoms with E-state index in [2.05, 4.69) is 0 Å². The highest BCUT2D eigenvalue weighted by Gasteiger charge is 2.19. The van der Waals surface area contributed by atoms with Crippen molar-refractivity contribution in [2.24, 2.45) is 5.73 Å². The number of anilines is 1. The molecule has 0 radical (unpaired) electrons. The Balaban J connectivity index is 3.30. The fraction of sp³-hybridized carbons (Fsp3) is 0.200. The second-order valence-electron chi connectivity index (χ2n) is 3.26. The molecule has 1 rings (SSSR count). The van der Waals surface area contributed by atoms with Gasteiger partial charge in [-0.25, -0.2) is 4.79 Å². The molecule has 0 fully saturated rings. The molecule has 0 aromatic heterocycles. The lowest BCUT2D eigenvalue weighted by Crippen LogP contribution is -2.28. The summed E-state index contributed by atoms with van der Waals surface area (Å²) in [6.07, 6.45) is 0. The SMILES string of the molecule is C[C@H](N)C(=O)c1cc(N)ccc1C(=O)O. The van der Waals surface area contributed by atoms with Crippen molar-refractivity contribution in [2.75, 3.05) is 5.73 Å². The van der Waals surface area contributed by atoms with E-state index in [4.69, 9.17) is 16.6 Å². The molecule has 0 unspecified atom stereocenters. The highest BCUT2D eigenvalue weighted by Crippen LogP contribution is 2.15. The Morgan fingerprint density at radius 3 is 2.40 bits per heavy atom. The summed E-state index contributed by atoms with van der Waals surface area (Å²) in [5.74, 6) is -1.60. The number of hydrogen-bond donors (Lipinski definition) is 3. The predicted octanol–water partition coefficient (Wildman–Crippen LogP) is 0.497. The molecule has 0 heterocycles. The zero-order valence-electron chi connectivity index (χ0n) is 8.23. The Morgan fingerprint density at radius 1 is 1.33 bits per heavy atom. The van der Waals surface area contributed by atoms with Crippen LogP contribution in [0.25, 0.3) is 0 Å². The van der Waals surface area contributed by atoms with Crippen molar-refractivity contribution in [2.45, 2.75) is 13.0 Å². The number of carbonyl (C=O) groups is 2. The lowest BCUT2D eigenvalue weighted by molar-refractivity contribution is 0.0691. The largest absolute Gasteiger partial charge is 0.478 e. The molecule has 0 saturated heterocycles. The molecule has 0 amide bonds. The minimum atomic E-state index is -1.17. The maximum Gasteiger partial charge on any atom is 0.336 e. The minimum absolute atomic E-state index is 0.0532. The van der Waals surface area contributed by atoms with Gasteiger partial charge in [-0.1, -0.05) is 0 Å². The second-order valence-corrected chi connectivity index (χ2v) is 3.26. The van der Waals surface area contributed by atoms with E-state index in [0.717, 1.165) is 0 Å². The van der Waals surface area contributed by atoms with Gasteiger partial charge in [0.25, 0.3) is 0 Å². The number of carboxylic acids is 1. The summed E-state index contributed by atoms with van der Waals surface area (Å²) >= 11 is 0. The maximum atomic E-state index is 11.6. The first kappa shape index (κ1) is 11.2. The summed E-state index contributed by atoms with van der Waals surface area (Å²) in [4.78, 5) is 22.4. The Morgan fingerprint density at radius 2 is 1.93 bits per heavy atom. The van der Waals surface area contributed by atoms with Crippen LogP contribution in [0, 0.1) is 0 Å². The number of Topliss-reactive ketones (excluding diaryl/α,β-unsaturated/α-hetero) is 1. The molecule has 0 saturated carbocycles. The monoisotopic (exact) mass is 208 g/mol. The van der Waals surface area contributed by atoms with Gasteiger partial charge in [-0.05, 0) is 25.1 Å². The number of carbonyl (C=O) groups excluding carboxylic acids is 1. The maximum absolute atomic E-state index is 11.6.